The van der Waals surface area contributed by atoms with Crippen molar-refractivity contribution in [2.24, 2.45) is 0 Å². The van der Waals surface area contributed by atoms with Crippen LogP contribution in [0.4, 0.5) is 0 Å². The summed E-state index contributed by atoms with van der Waals surface area (Å²) in [5.41, 5.74) is 2.04. The molecule has 1 fully saturated rings. The highest BCUT2D eigenvalue weighted by Crippen LogP contribution is 2.18. The molecule has 4 nitrogen and oxygen atoms in total. The Hall–Kier alpha value is -1.39. The average Bonchev–Trinajstić information content (AvgIpc) is 2.47. The van der Waals surface area contributed by atoms with E-state index in [0.717, 1.165) is 56.6 Å². The molecular formula is C17H25NO3. The van der Waals surface area contributed by atoms with Crippen LogP contribution in [0, 0.1) is 0 Å². The number of benzene rings is 1. The lowest BCUT2D eigenvalue weighted by Gasteiger charge is -2.33. The fourth-order valence-corrected chi connectivity index (χ4v) is 2.87. The summed E-state index contributed by atoms with van der Waals surface area (Å²) in [5, 5.41) is 9.00. The summed E-state index contributed by atoms with van der Waals surface area (Å²) in [6.07, 6.45) is 3.76. The maximum Gasteiger partial charge on any atom is 0.307 e. The molecule has 1 aromatic rings. The first-order valence-corrected chi connectivity index (χ1v) is 7.81. The summed E-state index contributed by atoms with van der Waals surface area (Å²) in [6, 6.07) is 7.84. The molecule has 1 atom stereocenters. The number of piperidine rings is 1. The predicted molar refractivity (Wildman–Crippen MR) is 82.3 cm³/mol. The fourth-order valence-electron chi connectivity index (χ4n) is 2.87. The van der Waals surface area contributed by atoms with E-state index in [-0.39, 0.29) is 6.42 Å². The number of hydrogen-bond acceptors (Lipinski definition) is 3. The van der Waals surface area contributed by atoms with Gasteiger partial charge >= 0.3 is 5.97 Å². The van der Waals surface area contributed by atoms with Crippen LogP contribution >= 0.6 is 0 Å². The standard InChI is InChI=1S/C17H25NO3/c1-2-10-21-16-8-5-9-18(13-16)12-15-7-4-3-6-14(15)11-17(19)20/h3-4,6-7,16H,2,5,8-13H2,1H3,(H,19,20). The average molecular weight is 291 g/mol. The highest BCUT2D eigenvalue weighted by molar-refractivity contribution is 5.70. The van der Waals surface area contributed by atoms with Crippen LogP contribution in [0.15, 0.2) is 24.3 Å². The second-order valence-electron chi connectivity index (χ2n) is 5.71. The number of carbonyl (C=O) groups is 1. The van der Waals surface area contributed by atoms with Crippen molar-refractivity contribution in [1.82, 2.24) is 4.90 Å². The Balaban J connectivity index is 1.96. The molecule has 0 radical (unpaired) electrons. The smallest absolute Gasteiger partial charge is 0.307 e. The first-order chi connectivity index (χ1) is 10.2. The van der Waals surface area contributed by atoms with Crippen LogP contribution in [-0.4, -0.2) is 41.8 Å². The Morgan fingerprint density at radius 1 is 1.38 bits per heavy atom. The summed E-state index contributed by atoms with van der Waals surface area (Å²) >= 11 is 0. The molecule has 2 rings (SSSR count). The van der Waals surface area contributed by atoms with Crippen molar-refractivity contribution in [3.8, 4) is 0 Å². The second-order valence-corrected chi connectivity index (χ2v) is 5.71. The van der Waals surface area contributed by atoms with Crippen LogP contribution in [0.2, 0.25) is 0 Å². The fraction of sp³-hybridized carbons (Fsp3) is 0.588. The van der Waals surface area contributed by atoms with Gasteiger partial charge in [-0.1, -0.05) is 31.2 Å². The Morgan fingerprint density at radius 3 is 2.86 bits per heavy atom. The van der Waals surface area contributed by atoms with E-state index < -0.39 is 5.97 Å². The summed E-state index contributed by atoms with van der Waals surface area (Å²) in [6.45, 7) is 5.78. The lowest BCUT2D eigenvalue weighted by molar-refractivity contribution is -0.136. The van der Waals surface area contributed by atoms with E-state index >= 15 is 0 Å². The van der Waals surface area contributed by atoms with Crippen LogP contribution in [0.1, 0.15) is 37.3 Å². The molecule has 4 heteroatoms. The molecular weight excluding hydrogens is 266 g/mol. The summed E-state index contributed by atoms with van der Waals surface area (Å²) in [5.74, 6) is -0.773. The summed E-state index contributed by atoms with van der Waals surface area (Å²) in [7, 11) is 0. The highest BCUT2D eigenvalue weighted by Gasteiger charge is 2.21. The van der Waals surface area contributed by atoms with E-state index in [9.17, 15) is 4.79 Å². The number of nitrogens with zero attached hydrogens (tertiary/aromatic N) is 1. The molecule has 1 aliphatic heterocycles. The van der Waals surface area contributed by atoms with Gasteiger partial charge < -0.3 is 9.84 Å². The zero-order chi connectivity index (χ0) is 15.1. The normalized spacial score (nSPS) is 19.6. The van der Waals surface area contributed by atoms with Crippen molar-refractivity contribution in [3.05, 3.63) is 35.4 Å². The van der Waals surface area contributed by atoms with Gasteiger partial charge in [-0.05, 0) is 36.9 Å². The third-order valence-electron chi connectivity index (χ3n) is 3.87. The maximum absolute atomic E-state index is 10.9. The zero-order valence-electron chi connectivity index (χ0n) is 12.8. The number of carboxylic acids is 1. The Morgan fingerprint density at radius 2 is 2.14 bits per heavy atom. The van der Waals surface area contributed by atoms with Crippen molar-refractivity contribution in [3.63, 3.8) is 0 Å². The van der Waals surface area contributed by atoms with Gasteiger partial charge in [-0.15, -0.1) is 0 Å². The van der Waals surface area contributed by atoms with E-state index in [1.165, 1.54) is 0 Å². The molecule has 1 saturated heterocycles. The molecule has 1 aliphatic rings. The van der Waals surface area contributed by atoms with E-state index in [4.69, 9.17) is 9.84 Å². The number of aliphatic carboxylic acids is 1. The minimum Gasteiger partial charge on any atom is -0.481 e. The lowest BCUT2D eigenvalue weighted by atomic mass is 10.0. The molecule has 0 saturated carbocycles. The molecule has 0 amide bonds. The first kappa shape index (κ1) is 16.0. The van der Waals surface area contributed by atoms with E-state index in [1.54, 1.807) is 0 Å². The Kier molecular flexibility index (Phi) is 6.21. The lowest BCUT2D eigenvalue weighted by Crippen LogP contribution is -2.39. The topological polar surface area (TPSA) is 49.8 Å². The largest absolute Gasteiger partial charge is 0.481 e. The maximum atomic E-state index is 10.9. The molecule has 1 unspecified atom stereocenters. The summed E-state index contributed by atoms with van der Waals surface area (Å²) < 4.78 is 5.86. The molecule has 116 valence electrons. The third kappa shape index (κ3) is 5.14. The van der Waals surface area contributed by atoms with Gasteiger partial charge in [0.1, 0.15) is 0 Å². The van der Waals surface area contributed by atoms with E-state index in [1.807, 2.05) is 24.3 Å². The molecule has 0 bridgehead atoms. The van der Waals surface area contributed by atoms with Crippen LogP contribution in [0.25, 0.3) is 0 Å². The molecule has 1 N–H and O–H groups in total. The minimum atomic E-state index is -0.773. The van der Waals surface area contributed by atoms with E-state index in [2.05, 4.69) is 11.8 Å². The molecule has 1 aromatic carbocycles. The minimum absolute atomic E-state index is 0.0970. The van der Waals surface area contributed by atoms with Gasteiger partial charge in [0.2, 0.25) is 0 Å². The van der Waals surface area contributed by atoms with Crippen molar-refractivity contribution in [1.29, 1.82) is 0 Å². The van der Waals surface area contributed by atoms with Crippen molar-refractivity contribution < 1.29 is 14.6 Å². The zero-order valence-corrected chi connectivity index (χ0v) is 12.8. The van der Waals surface area contributed by atoms with Crippen molar-refractivity contribution in [2.45, 2.75) is 45.3 Å². The van der Waals surface area contributed by atoms with Crippen LogP contribution in [0.5, 0.6) is 0 Å². The number of hydrogen-bond donors (Lipinski definition) is 1. The van der Waals surface area contributed by atoms with Gasteiger partial charge in [-0.3, -0.25) is 9.69 Å². The Labute approximate surface area is 126 Å². The van der Waals surface area contributed by atoms with Gasteiger partial charge in [-0.2, -0.15) is 0 Å². The summed E-state index contributed by atoms with van der Waals surface area (Å²) in [4.78, 5) is 13.3. The number of carboxylic acid groups (broad SMARTS) is 1. The van der Waals surface area contributed by atoms with Crippen LogP contribution in [0.3, 0.4) is 0 Å². The van der Waals surface area contributed by atoms with Gasteiger partial charge in [0, 0.05) is 19.7 Å². The molecule has 0 spiro atoms. The highest BCUT2D eigenvalue weighted by atomic mass is 16.5. The Bertz CT molecular complexity index is 461. The molecule has 0 aliphatic carbocycles. The molecule has 21 heavy (non-hydrogen) atoms. The van der Waals surface area contributed by atoms with Crippen LogP contribution < -0.4 is 0 Å². The number of rotatable bonds is 7. The monoisotopic (exact) mass is 291 g/mol. The quantitative estimate of drug-likeness (QED) is 0.839. The SMILES string of the molecule is CCCOC1CCCN(Cc2ccccc2CC(=O)O)C1. The third-order valence-corrected chi connectivity index (χ3v) is 3.87. The molecule has 0 aromatic heterocycles. The second kappa shape index (κ2) is 8.15. The van der Waals surface area contributed by atoms with Crippen molar-refractivity contribution in [2.75, 3.05) is 19.7 Å². The first-order valence-electron chi connectivity index (χ1n) is 7.81. The van der Waals surface area contributed by atoms with Gasteiger partial charge in [0.15, 0.2) is 0 Å². The predicted octanol–water partition coefficient (Wildman–Crippen LogP) is 2.70. The van der Waals surface area contributed by atoms with Crippen LogP contribution in [-0.2, 0) is 22.5 Å². The van der Waals surface area contributed by atoms with Gasteiger partial charge in [-0.25, -0.2) is 0 Å². The molecule has 1 heterocycles. The van der Waals surface area contributed by atoms with Gasteiger partial charge in [0.05, 0.1) is 12.5 Å². The van der Waals surface area contributed by atoms with Crippen molar-refractivity contribution >= 4 is 5.97 Å². The van der Waals surface area contributed by atoms with Gasteiger partial charge in [0.25, 0.3) is 0 Å². The van der Waals surface area contributed by atoms with E-state index in [0.29, 0.717) is 6.10 Å². The number of ether oxygens (including phenoxy) is 1. The number of likely N-dealkylation sites (tertiary alicyclic amines) is 1.